The normalized spacial score (nSPS) is 10.4. The van der Waals surface area contributed by atoms with E-state index in [4.69, 9.17) is 5.73 Å². The van der Waals surface area contributed by atoms with E-state index >= 15 is 0 Å². The number of hydrogen-bond donors (Lipinski definition) is 1. The van der Waals surface area contributed by atoms with Gasteiger partial charge in [0, 0.05) is 11.6 Å². The third-order valence-electron chi connectivity index (χ3n) is 1.84. The SMILES string of the molecule is COC(=O)c1ccc(F)c(C=CC(N)=O)c1. The number of hydrogen-bond acceptors (Lipinski definition) is 3. The minimum Gasteiger partial charge on any atom is -0.465 e. The molecule has 2 N–H and O–H groups in total. The number of methoxy groups -OCH3 is 1. The van der Waals surface area contributed by atoms with Crippen molar-refractivity contribution in [1.29, 1.82) is 0 Å². The van der Waals surface area contributed by atoms with Gasteiger partial charge in [-0.15, -0.1) is 0 Å². The Hall–Kier alpha value is -2.17. The molecular formula is C11H10FNO3. The van der Waals surface area contributed by atoms with Crippen molar-refractivity contribution in [2.24, 2.45) is 5.73 Å². The summed E-state index contributed by atoms with van der Waals surface area (Å²) < 4.78 is 17.7. The van der Waals surface area contributed by atoms with Gasteiger partial charge in [0.25, 0.3) is 0 Å². The fourth-order valence-corrected chi connectivity index (χ4v) is 1.09. The Morgan fingerprint density at radius 1 is 1.44 bits per heavy atom. The summed E-state index contributed by atoms with van der Waals surface area (Å²) in [7, 11) is 1.23. The van der Waals surface area contributed by atoms with Gasteiger partial charge in [-0.3, -0.25) is 4.79 Å². The Bertz CT molecular complexity index is 455. The zero-order valence-corrected chi connectivity index (χ0v) is 8.57. The Balaban J connectivity index is 3.08. The molecule has 4 nitrogen and oxygen atoms in total. The third-order valence-corrected chi connectivity index (χ3v) is 1.84. The molecule has 0 saturated carbocycles. The van der Waals surface area contributed by atoms with E-state index in [-0.39, 0.29) is 11.1 Å². The standard InChI is InChI=1S/C11H10FNO3/c1-16-11(15)8-2-4-9(12)7(6-8)3-5-10(13)14/h2-6H,1H3,(H2,13,14). The minimum absolute atomic E-state index is 0.0988. The topological polar surface area (TPSA) is 69.4 Å². The second-order valence-corrected chi connectivity index (χ2v) is 2.96. The molecule has 0 bridgehead atoms. The molecule has 5 heteroatoms. The molecule has 0 aliphatic heterocycles. The molecule has 1 amide bonds. The molecule has 0 heterocycles. The predicted octanol–water partition coefficient (Wildman–Crippen LogP) is 1.11. The van der Waals surface area contributed by atoms with Gasteiger partial charge in [-0.25, -0.2) is 9.18 Å². The fourth-order valence-electron chi connectivity index (χ4n) is 1.09. The van der Waals surface area contributed by atoms with E-state index in [1.165, 1.54) is 25.3 Å². The first-order chi connectivity index (χ1) is 7.54. The highest BCUT2D eigenvalue weighted by atomic mass is 19.1. The van der Waals surface area contributed by atoms with Crippen LogP contribution in [-0.4, -0.2) is 19.0 Å². The molecule has 0 aliphatic carbocycles. The van der Waals surface area contributed by atoms with E-state index < -0.39 is 17.7 Å². The molecule has 0 radical (unpaired) electrons. The van der Waals surface area contributed by atoms with Crippen molar-refractivity contribution in [2.75, 3.05) is 7.11 Å². The molecular weight excluding hydrogens is 213 g/mol. The van der Waals surface area contributed by atoms with Crippen LogP contribution >= 0.6 is 0 Å². The summed E-state index contributed by atoms with van der Waals surface area (Å²) in [6.07, 6.45) is 2.21. The number of halogens is 1. The van der Waals surface area contributed by atoms with Crippen LogP contribution < -0.4 is 5.73 Å². The third kappa shape index (κ3) is 2.91. The number of amides is 1. The van der Waals surface area contributed by atoms with Gasteiger partial charge >= 0.3 is 5.97 Å². The van der Waals surface area contributed by atoms with Gasteiger partial charge in [0.1, 0.15) is 5.82 Å². The molecule has 0 aromatic heterocycles. The average Bonchev–Trinajstić information content (AvgIpc) is 2.26. The first-order valence-electron chi connectivity index (χ1n) is 4.40. The summed E-state index contributed by atoms with van der Waals surface area (Å²) in [5, 5.41) is 0. The summed E-state index contributed by atoms with van der Waals surface area (Å²) in [6, 6.07) is 3.69. The summed E-state index contributed by atoms with van der Waals surface area (Å²) in [6.45, 7) is 0. The van der Waals surface area contributed by atoms with Gasteiger partial charge in [-0.1, -0.05) is 0 Å². The van der Waals surface area contributed by atoms with Crippen LogP contribution in [0.3, 0.4) is 0 Å². The number of carbonyl (C=O) groups excluding carboxylic acids is 2. The highest BCUT2D eigenvalue weighted by Gasteiger charge is 2.08. The van der Waals surface area contributed by atoms with E-state index in [0.29, 0.717) is 0 Å². The Morgan fingerprint density at radius 2 is 2.12 bits per heavy atom. The summed E-state index contributed by atoms with van der Waals surface area (Å²) >= 11 is 0. The average molecular weight is 223 g/mol. The van der Waals surface area contributed by atoms with Crippen molar-refractivity contribution >= 4 is 18.0 Å². The second kappa shape index (κ2) is 5.06. The van der Waals surface area contributed by atoms with E-state index in [2.05, 4.69) is 4.74 Å². The summed E-state index contributed by atoms with van der Waals surface area (Å²) in [5.74, 6) is -1.82. The van der Waals surface area contributed by atoms with Gasteiger partial charge in [0.2, 0.25) is 5.91 Å². The number of nitrogens with two attached hydrogens (primary N) is 1. The van der Waals surface area contributed by atoms with Crippen LogP contribution in [0.2, 0.25) is 0 Å². The van der Waals surface area contributed by atoms with E-state index in [1.807, 2.05) is 0 Å². The van der Waals surface area contributed by atoms with E-state index in [9.17, 15) is 14.0 Å². The molecule has 0 atom stereocenters. The first kappa shape index (κ1) is 11.9. The molecule has 0 saturated heterocycles. The number of benzene rings is 1. The van der Waals surface area contributed by atoms with Crippen molar-refractivity contribution in [3.63, 3.8) is 0 Å². The van der Waals surface area contributed by atoms with Crippen molar-refractivity contribution in [3.8, 4) is 0 Å². The highest BCUT2D eigenvalue weighted by Crippen LogP contribution is 2.13. The lowest BCUT2D eigenvalue weighted by molar-refractivity contribution is -0.113. The molecule has 0 spiro atoms. The van der Waals surface area contributed by atoms with Gasteiger partial charge < -0.3 is 10.5 Å². The quantitative estimate of drug-likeness (QED) is 0.616. The zero-order valence-electron chi connectivity index (χ0n) is 8.57. The van der Waals surface area contributed by atoms with Crippen molar-refractivity contribution in [3.05, 3.63) is 41.2 Å². The lowest BCUT2D eigenvalue weighted by atomic mass is 10.1. The van der Waals surface area contributed by atoms with E-state index in [1.54, 1.807) is 0 Å². The minimum atomic E-state index is -0.692. The highest BCUT2D eigenvalue weighted by molar-refractivity contribution is 5.92. The maximum absolute atomic E-state index is 13.2. The molecule has 1 rings (SSSR count). The largest absolute Gasteiger partial charge is 0.465 e. The molecule has 0 unspecified atom stereocenters. The number of rotatable bonds is 3. The van der Waals surface area contributed by atoms with Gasteiger partial charge in [-0.05, 0) is 24.3 Å². The molecule has 1 aromatic carbocycles. The van der Waals surface area contributed by atoms with Crippen LogP contribution in [0.5, 0.6) is 0 Å². The maximum atomic E-state index is 13.2. The van der Waals surface area contributed by atoms with Crippen molar-refractivity contribution < 1.29 is 18.7 Å². The monoisotopic (exact) mass is 223 g/mol. The van der Waals surface area contributed by atoms with Gasteiger partial charge in [0.15, 0.2) is 0 Å². The molecule has 1 aromatic rings. The molecule has 0 fully saturated rings. The lowest BCUT2D eigenvalue weighted by Crippen LogP contribution is -2.05. The van der Waals surface area contributed by atoms with Crippen molar-refractivity contribution in [1.82, 2.24) is 0 Å². The smallest absolute Gasteiger partial charge is 0.337 e. The van der Waals surface area contributed by atoms with Crippen LogP contribution in [0, 0.1) is 5.82 Å². The van der Waals surface area contributed by atoms with E-state index in [0.717, 1.165) is 12.1 Å². The molecule has 0 aliphatic rings. The molecule has 84 valence electrons. The van der Waals surface area contributed by atoms with Crippen LogP contribution in [0.25, 0.3) is 6.08 Å². The summed E-state index contributed by atoms with van der Waals surface area (Å²) in [4.78, 5) is 21.6. The Morgan fingerprint density at radius 3 is 2.69 bits per heavy atom. The lowest BCUT2D eigenvalue weighted by Gasteiger charge is -2.01. The van der Waals surface area contributed by atoms with Crippen LogP contribution in [-0.2, 0) is 9.53 Å². The number of ether oxygens (including phenoxy) is 1. The Labute approximate surface area is 91.5 Å². The van der Waals surface area contributed by atoms with Crippen LogP contribution in [0.4, 0.5) is 4.39 Å². The van der Waals surface area contributed by atoms with Gasteiger partial charge in [0.05, 0.1) is 12.7 Å². The van der Waals surface area contributed by atoms with Gasteiger partial charge in [-0.2, -0.15) is 0 Å². The van der Waals surface area contributed by atoms with Crippen LogP contribution in [0.15, 0.2) is 24.3 Å². The van der Waals surface area contributed by atoms with Crippen LogP contribution in [0.1, 0.15) is 15.9 Å². The number of carbonyl (C=O) groups is 2. The first-order valence-corrected chi connectivity index (χ1v) is 4.40. The summed E-state index contributed by atoms with van der Waals surface area (Å²) in [5.41, 5.74) is 5.18. The van der Waals surface area contributed by atoms with Crippen molar-refractivity contribution in [2.45, 2.75) is 0 Å². The maximum Gasteiger partial charge on any atom is 0.337 e. The Kier molecular flexibility index (Phi) is 3.77. The second-order valence-electron chi connectivity index (χ2n) is 2.96. The zero-order chi connectivity index (χ0) is 12.1. The molecule has 16 heavy (non-hydrogen) atoms. The fraction of sp³-hybridized carbons (Fsp3) is 0.0909. The predicted molar refractivity (Wildman–Crippen MR) is 56.0 cm³/mol. The number of primary amides is 1. The number of esters is 1.